The molecule has 1 aromatic rings. The summed E-state index contributed by atoms with van der Waals surface area (Å²) in [5.74, 6) is 2.05. The van der Waals surface area contributed by atoms with Crippen molar-refractivity contribution in [1.82, 2.24) is 5.32 Å². The van der Waals surface area contributed by atoms with Gasteiger partial charge in [0.1, 0.15) is 5.75 Å². The molecule has 14 heavy (non-hydrogen) atoms. The molecule has 0 radical (unpaired) electrons. The molecule has 0 heterocycles. The van der Waals surface area contributed by atoms with E-state index >= 15 is 0 Å². The lowest BCUT2D eigenvalue weighted by atomic mass is 10.3. The van der Waals surface area contributed by atoms with Gasteiger partial charge in [-0.15, -0.1) is 11.8 Å². The third kappa shape index (κ3) is 4.03. The lowest BCUT2D eigenvalue weighted by molar-refractivity contribution is 0.340. The Morgan fingerprint density at radius 1 is 1.29 bits per heavy atom. The number of thioether (sulfide) groups is 1. The van der Waals surface area contributed by atoms with Crippen molar-refractivity contribution in [3.05, 3.63) is 24.3 Å². The molecule has 0 aromatic heterocycles. The van der Waals surface area contributed by atoms with Crippen LogP contribution in [0.5, 0.6) is 5.75 Å². The van der Waals surface area contributed by atoms with Crippen LogP contribution in [0.4, 0.5) is 0 Å². The smallest absolute Gasteiger partial charge is 0.119 e. The van der Waals surface area contributed by atoms with Gasteiger partial charge in [0.15, 0.2) is 0 Å². The molecule has 2 nitrogen and oxygen atoms in total. The molecule has 0 atom stereocenters. The first-order chi connectivity index (χ1) is 6.86. The zero-order valence-corrected chi connectivity index (χ0v) is 9.56. The third-order valence-corrected chi connectivity index (χ3v) is 2.77. The van der Waals surface area contributed by atoms with Crippen LogP contribution in [-0.2, 0) is 0 Å². The van der Waals surface area contributed by atoms with Crippen molar-refractivity contribution in [1.29, 1.82) is 0 Å². The minimum atomic E-state index is 0.728. The zero-order chi connectivity index (χ0) is 10.2. The molecule has 0 aliphatic carbocycles. The van der Waals surface area contributed by atoms with Gasteiger partial charge in [-0.05, 0) is 38.2 Å². The highest BCUT2D eigenvalue weighted by Crippen LogP contribution is 2.20. The van der Waals surface area contributed by atoms with Gasteiger partial charge in [0.2, 0.25) is 0 Å². The second-order valence-corrected chi connectivity index (χ2v) is 4.02. The molecular formula is C11H17NOS. The van der Waals surface area contributed by atoms with Crippen molar-refractivity contribution in [2.24, 2.45) is 0 Å². The predicted molar refractivity (Wildman–Crippen MR) is 62.3 cm³/mol. The summed E-state index contributed by atoms with van der Waals surface area (Å²) >= 11 is 1.85. The molecule has 0 fully saturated rings. The standard InChI is InChI=1S/C11H17NOS/c1-3-13-10-4-6-11(7-5-10)14-9-8-12-2/h4-7,12H,3,8-9H2,1-2H3. The molecule has 1 N–H and O–H groups in total. The average Bonchev–Trinajstić information content (AvgIpc) is 2.21. The van der Waals surface area contributed by atoms with Gasteiger partial charge >= 0.3 is 0 Å². The Bertz CT molecular complexity index is 248. The van der Waals surface area contributed by atoms with Crippen molar-refractivity contribution in [2.75, 3.05) is 26.0 Å². The number of hydrogen-bond donors (Lipinski definition) is 1. The van der Waals surface area contributed by atoms with E-state index < -0.39 is 0 Å². The van der Waals surface area contributed by atoms with Gasteiger partial charge in [0, 0.05) is 17.2 Å². The molecule has 0 aliphatic heterocycles. The molecule has 0 saturated heterocycles. The minimum absolute atomic E-state index is 0.728. The molecule has 0 aliphatic rings. The van der Waals surface area contributed by atoms with Crippen molar-refractivity contribution in [3.8, 4) is 5.75 Å². The lowest BCUT2D eigenvalue weighted by Gasteiger charge is -2.04. The second kappa shape index (κ2) is 6.74. The predicted octanol–water partition coefficient (Wildman–Crippen LogP) is 2.40. The Morgan fingerprint density at radius 3 is 2.57 bits per heavy atom. The lowest BCUT2D eigenvalue weighted by Crippen LogP contribution is -2.09. The van der Waals surface area contributed by atoms with E-state index in [1.165, 1.54) is 4.90 Å². The van der Waals surface area contributed by atoms with Crippen molar-refractivity contribution in [3.63, 3.8) is 0 Å². The summed E-state index contributed by atoms with van der Waals surface area (Å²) < 4.78 is 5.36. The number of ether oxygens (including phenoxy) is 1. The molecule has 3 heteroatoms. The van der Waals surface area contributed by atoms with Crippen molar-refractivity contribution in [2.45, 2.75) is 11.8 Å². The van der Waals surface area contributed by atoms with Gasteiger partial charge in [-0.1, -0.05) is 0 Å². The normalized spacial score (nSPS) is 10.1. The first-order valence-corrected chi connectivity index (χ1v) is 5.85. The summed E-state index contributed by atoms with van der Waals surface area (Å²) in [6, 6.07) is 8.24. The molecule has 78 valence electrons. The number of benzene rings is 1. The molecule has 1 rings (SSSR count). The molecule has 0 saturated carbocycles. The highest BCUT2D eigenvalue weighted by Gasteiger charge is 1.94. The van der Waals surface area contributed by atoms with Gasteiger partial charge in [-0.25, -0.2) is 0 Å². The minimum Gasteiger partial charge on any atom is -0.494 e. The van der Waals surface area contributed by atoms with E-state index in [9.17, 15) is 0 Å². The van der Waals surface area contributed by atoms with Crippen LogP contribution in [0, 0.1) is 0 Å². The monoisotopic (exact) mass is 211 g/mol. The first-order valence-electron chi connectivity index (χ1n) is 4.87. The molecule has 0 amide bonds. The second-order valence-electron chi connectivity index (χ2n) is 2.86. The van der Waals surface area contributed by atoms with Gasteiger partial charge in [0.05, 0.1) is 6.61 Å². The summed E-state index contributed by atoms with van der Waals surface area (Å²) in [4.78, 5) is 1.30. The Hall–Kier alpha value is -0.670. The number of hydrogen-bond acceptors (Lipinski definition) is 3. The van der Waals surface area contributed by atoms with E-state index in [1.54, 1.807) is 0 Å². The summed E-state index contributed by atoms with van der Waals surface area (Å²) in [6.07, 6.45) is 0. The summed E-state index contributed by atoms with van der Waals surface area (Å²) in [7, 11) is 1.97. The first kappa shape index (κ1) is 11.4. The van der Waals surface area contributed by atoms with E-state index in [1.807, 2.05) is 37.9 Å². The zero-order valence-electron chi connectivity index (χ0n) is 8.75. The maximum Gasteiger partial charge on any atom is 0.119 e. The maximum absolute atomic E-state index is 5.36. The molecular weight excluding hydrogens is 194 g/mol. The SMILES string of the molecule is CCOc1ccc(SCCNC)cc1. The topological polar surface area (TPSA) is 21.3 Å². The Balaban J connectivity index is 2.38. The molecule has 1 aromatic carbocycles. The van der Waals surface area contributed by atoms with E-state index in [4.69, 9.17) is 4.74 Å². The number of nitrogens with one attached hydrogen (secondary N) is 1. The molecule has 0 bridgehead atoms. The fraction of sp³-hybridized carbons (Fsp3) is 0.455. The molecule has 0 spiro atoms. The van der Waals surface area contributed by atoms with Crippen LogP contribution in [0.2, 0.25) is 0 Å². The maximum atomic E-state index is 5.36. The van der Waals surface area contributed by atoms with Crippen LogP contribution >= 0.6 is 11.8 Å². The third-order valence-electron chi connectivity index (χ3n) is 1.76. The highest BCUT2D eigenvalue weighted by molar-refractivity contribution is 7.99. The van der Waals surface area contributed by atoms with Crippen molar-refractivity contribution >= 4 is 11.8 Å². The fourth-order valence-electron chi connectivity index (χ4n) is 1.07. The van der Waals surface area contributed by atoms with E-state index in [0.717, 1.165) is 24.7 Å². The van der Waals surface area contributed by atoms with Crippen LogP contribution in [0.1, 0.15) is 6.92 Å². The largest absolute Gasteiger partial charge is 0.494 e. The van der Waals surface area contributed by atoms with E-state index in [2.05, 4.69) is 17.4 Å². The van der Waals surface area contributed by atoms with Gasteiger partial charge in [0.25, 0.3) is 0 Å². The fourth-order valence-corrected chi connectivity index (χ4v) is 1.94. The highest BCUT2D eigenvalue weighted by atomic mass is 32.2. The van der Waals surface area contributed by atoms with Gasteiger partial charge in [-0.3, -0.25) is 0 Å². The van der Waals surface area contributed by atoms with Crippen LogP contribution in [-0.4, -0.2) is 26.0 Å². The Labute approximate surface area is 90.0 Å². The number of rotatable bonds is 6. The van der Waals surface area contributed by atoms with Gasteiger partial charge in [-0.2, -0.15) is 0 Å². The quantitative estimate of drug-likeness (QED) is 0.576. The summed E-state index contributed by atoms with van der Waals surface area (Å²) in [5, 5.41) is 3.12. The van der Waals surface area contributed by atoms with Crippen molar-refractivity contribution < 1.29 is 4.74 Å². The van der Waals surface area contributed by atoms with E-state index in [-0.39, 0.29) is 0 Å². The Kier molecular flexibility index (Phi) is 5.49. The van der Waals surface area contributed by atoms with Crippen LogP contribution in [0.15, 0.2) is 29.2 Å². The Morgan fingerprint density at radius 2 is 2.00 bits per heavy atom. The summed E-state index contributed by atoms with van der Waals surface area (Å²) in [5.41, 5.74) is 0. The summed E-state index contributed by atoms with van der Waals surface area (Å²) in [6.45, 7) is 3.76. The van der Waals surface area contributed by atoms with Crippen LogP contribution in [0.3, 0.4) is 0 Å². The van der Waals surface area contributed by atoms with Crippen LogP contribution < -0.4 is 10.1 Å². The van der Waals surface area contributed by atoms with Gasteiger partial charge < -0.3 is 10.1 Å². The van der Waals surface area contributed by atoms with E-state index in [0.29, 0.717) is 0 Å². The molecule has 0 unspecified atom stereocenters. The average molecular weight is 211 g/mol. The van der Waals surface area contributed by atoms with Crippen LogP contribution in [0.25, 0.3) is 0 Å².